The van der Waals surface area contributed by atoms with Gasteiger partial charge < -0.3 is 14.2 Å². The molecular weight excluding hydrogens is 474 g/mol. The number of carbonyl (C=O) groups is 3. The molecule has 4 unspecified atom stereocenters. The Morgan fingerprint density at radius 1 is 0.946 bits per heavy atom. The topological polar surface area (TPSA) is 97.7 Å². The van der Waals surface area contributed by atoms with Crippen molar-refractivity contribution in [3.63, 3.8) is 0 Å². The van der Waals surface area contributed by atoms with Gasteiger partial charge in [0.05, 0.1) is 36.9 Å². The standard InChI is InChI=1S/C28H21N3O6/c1-35-18-9-6-15(7-10-18)26(32)25-23-22(24-19-5-3-2-4-16(19)13-29-31(24)25)27(33)30(28(23)34)17-8-11-20-21(12-17)37-14-36-20/h2-13,22-25H,14H2,1H3. The first kappa shape index (κ1) is 21.6. The predicted octanol–water partition coefficient (Wildman–Crippen LogP) is 3.19. The van der Waals surface area contributed by atoms with Crippen molar-refractivity contribution < 1.29 is 28.6 Å². The molecule has 0 N–H and O–H groups in total. The van der Waals surface area contributed by atoms with Crippen molar-refractivity contribution in [1.29, 1.82) is 0 Å². The number of anilines is 1. The van der Waals surface area contributed by atoms with Gasteiger partial charge in [-0.2, -0.15) is 5.10 Å². The summed E-state index contributed by atoms with van der Waals surface area (Å²) in [5.74, 6) is -1.10. The van der Waals surface area contributed by atoms with Crippen LogP contribution in [-0.4, -0.2) is 48.8 Å². The number of imide groups is 1. The number of ketones is 1. The molecule has 2 saturated heterocycles. The molecule has 0 spiro atoms. The second-order valence-corrected chi connectivity index (χ2v) is 9.34. The normalized spacial score (nSPS) is 24.7. The molecule has 0 radical (unpaired) electrons. The predicted molar refractivity (Wildman–Crippen MR) is 132 cm³/mol. The molecule has 0 aliphatic carbocycles. The van der Waals surface area contributed by atoms with Crippen molar-refractivity contribution in [2.45, 2.75) is 12.1 Å². The summed E-state index contributed by atoms with van der Waals surface area (Å²) in [5.41, 5.74) is 2.54. The van der Waals surface area contributed by atoms with Crippen molar-refractivity contribution in [1.82, 2.24) is 5.01 Å². The smallest absolute Gasteiger partial charge is 0.240 e. The van der Waals surface area contributed by atoms with Gasteiger partial charge in [-0.1, -0.05) is 24.3 Å². The number of rotatable bonds is 4. The van der Waals surface area contributed by atoms with Crippen LogP contribution < -0.4 is 19.1 Å². The number of nitrogens with zero attached hydrogens (tertiary/aromatic N) is 3. The Hall–Kier alpha value is -4.66. The van der Waals surface area contributed by atoms with E-state index in [4.69, 9.17) is 14.2 Å². The maximum absolute atomic E-state index is 14.0. The Labute approximate surface area is 211 Å². The highest BCUT2D eigenvalue weighted by Crippen LogP contribution is 2.53. The van der Waals surface area contributed by atoms with Crippen molar-refractivity contribution >= 4 is 29.5 Å². The van der Waals surface area contributed by atoms with E-state index in [1.165, 1.54) is 4.90 Å². The monoisotopic (exact) mass is 495 g/mol. The van der Waals surface area contributed by atoms with Crippen LogP contribution in [0.2, 0.25) is 0 Å². The zero-order valence-electron chi connectivity index (χ0n) is 19.7. The third-order valence-corrected chi connectivity index (χ3v) is 7.55. The molecule has 184 valence electrons. The molecular formula is C28H21N3O6. The molecule has 4 aliphatic rings. The minimum atomic E-state index is -0.941. The van der Waals surface area contributed by atoms with Gasteiger partial charge in [0.1, 0.15) is 11.8 Å². The van der Waals surface area contributed by atoms with Crippen molar-refractivity contribution in [3.8, 4) is 17.2 Å². The first-order chi connectivity index (χ1) is 18.1. The molecule has 3 aromatic rings. The first-order valence-corrected chi connectivity index (χ1v) is 11.9. The summed E-state index contributed by atoms with van der Waals surface area (Å²) in [6, 6.07) is 17.9. The maximum Gasteiger partial charge on any atom is 0.240 e. The molecule has 9 heteroatoms. The van der Waals surface area contributed by atoms with E-state index in [2.05, 4.69) is 5.10 Å². The number of ether oxygens (including phenoxy) is 3. The lowest BCUT2D eigenvalue weighted by atomic mass is 9.83. The molecule has 0 bridgehead atoms. The van der Waals surface area contributed by atoms with Crippen LogP contribution in [0.15, 0.2) is 71.8 Å². The Kier molecular flexibility index (Phi) is 4.63. The van der Waals surface area contributed by atoms with E-state index < -0.39 is 29.8 Å². The summed E-state index contributed by atoms with van der Waals surface area (Å²) in [4.78, 5) is 43.1. The Morgan fingerprint density at radius 2 is 1.70 bits per heavy atom. The average Bonchev–Trinajstić information content (AvgIpc) is 3.61. The van der Waals surface area contributed by atoms with Gasteiger partial charge in [0.2, 0.25) is 18.6 Å². The number of carbonyl (C=O) groups excluding carboxylic acids is 3. The molecule has 4 atom stereocenters. The molecule has 4 heterocycles. The summed E-state index contributed by atoms with van der Waals surface area (Å²) in [6.45, 7) is 0.0796. The molecule has 7 rings (SSSR count). The molecule has 0 saturated carbocycles. The van der Waals surface area contributed by atoms with Gasteiger partial charge in [-0.3, -0.25) is 19.4 Å². The van der Waals surface area contributed by atoms with Crippen molar-refractivity contribution in [2.75, 3.05) is 18.8 Å². The lowest BCUT2D eigenvalue weighted by Gasteiger charge is -2.33. The van der Waals surface area contributed by atoms with Crippen LogP contribution in [0.5, 0.6) is 17.2 Å². The largest absolute Gasteiger partial charge is 0.497 e. The fourth-order valence-electron chi connectivity index (χ4n) is 5.87. The minimum absolute atomic E-state index is 0.0796. The number of hydrogen-bond acceptors (Lipinski definition) is 8. The highest BCUT2D eigenvalue weighted by Gasteiger charge is 2.65. The minimum Gasteiger partial charge on any atom is -0.497 e. The quantitative estimate of drug-likeness (QED) is 0.405. The zero-order valence-corrected chi connectivity index (χ0v) is 19.7. The van der Waals surface area contributed by atoms with Gasteiger partial charge in [0.25, 0.3) is 0 Å². The first-order valence-electron chi connectivity index (χ1n) is 11.9. The van der Waals surface area contributed by atoms with Crippen LogP contribution >= 0.6 is 0 Å². The molecule has 4 aliphatic heterocycles. The number of amides is 2. The number of benzene rings is 3. The third-order valence-electron chi connectivity index (χ3n) is 7.55. The number of hydrazone groups is 1. The Bertz CT molecular complexity index is 1500. The number of methoxy groups -OCH3 is 1. The van der Waals surface area contributed by atoms with Gasteiger partial charge >= 0.3 is 0 Å². The van der Waals surface area contributed by atoms with Gasteiger partial charge in [-0.15, -0.1) is 0 Å². The van der Waals surface area contributed by atoms with E-state index in [-0.39, 0.29) is 18.5 Å². The maximum atomic E-state index is 14.0. The van der Waals surface area contributed by atoms with Crippen molar-refractivity contribution in [3.05, 3.63) is 83.4 Å². The number of hydrogen-bond donors (Lipinski definition) is 0. The molecule has 2 amide bonds. The average molecular weight is 495 g/mol. The third kappa shape index (κ3) is 3.03. The van der Waals surface area contributed by atoms with E-state index in [1.54, 1.807) is 60.8 Å². The van der Waals surface area contributed by atoms with Crippen LogP contribution in [0.1, 0.15) is 27.5 Å². The second-order valence-electron chi connectivity index (χ2n) is 9.34. The summed E-state index contributed by atoms with van der Waals surface area (Å²) in [5, 5.41) is 6.24. The van der Waals surface area contributed by atoms with Crippen LogP contribution in [0, 0.1) is 11.8 Å². The molecule has 0 aromatic heterocycles. The van der Waals surface area contributed by atoms with E-state index in [9.17, 15) is 14.4 Å². The fourth-order valence-corrected chi connectivity index (χ4v) is 5.87. The summed E-state index contributed by atoms with van der Waals surface area (Å²) in [6.07, 6.45) is 1.69. The van der Waals surface area contributed by atoms with Crippen molar-refractivity contribution in [2.24, 2.45) is 16.9 Å². The van der Waals surface area contributed by atoms with Crippen LogP contribution in [-0.2, 0) is 9.59 Å². The van der Waals surface area contributed by atoms with Crippen LogP contribution in [0.3, 0.4) is 0 Å². The molecule has 37 heavy (non-hydrogen) atoms. The van der Waals surface area contributed by atoms with E-state index >= 15 is 0 Å². The van der Waals surface area contributed by atoms with Gasteiger partial charge in [0, 0.05) is 11.6 Å². The fraction of sp³-hybridized carbons (Fsp3) is 0.214. The summed E-state index contributed by atoms with van der Waals surface area (Å²) >= 11 is 0. The summed E-state index contributed by atoms with van der Waals surface area (Å²) < 4.78 is 16.1. The Balaban J connectivity index is 1.34. The number of fused-ring (bicyclic) bond motifs is 6. The lowest BCUT2D eigenvalue weighted by molar-refractivity contribution is -0.124. The Morgan fingerprint density at radius 3 is 2.51 bits per heavy atom. The molecule has 3 aromatic carbocycles. The highest BCUT2D eigenvalue weighted by atomic mass is 16.7. The molecule has 9 nitrogen and oxygen atoms in total. The van der Waals surface area contributed by atoms with Gasteiger partial charge in [0.15, 0.2) is 17.3 Å². The molecule has 2 fully saturated rings. The van der Waals surface area contributed by atoms with Crippen LogP contribution in [0.25, 0.3) is 0 Å². The van der Waals surface area contributed by atoms with Crippen LogP contribution in [0.4, 0.5) is 5.69 Å². The van der Waals surface area contributed by atoms with E-state index in [0.717, 1.165) is 11.1 Å². The van der Waals surface area contributed by atoms with Gasteiger partial charge in [-0.05, 0) is 47.5 Å². The highest BCUT2D eigenvalue weighted by molar-refractivity contribution is 6.24. The van der Waals surface area contributed by atoms with E-state index in [0.29, 0.717) is 28.5 Å². The van der Waals surface area contributed by atoms with Gasteiger partial charge in [-0.25, -0.2) is 4.90 Å². The summed E-state index contributed by atoms with van der Waals surface area (Å²) in [7, 11) is 1.55. The van der Waals surface area contributed by atoms with E-state index in [1.807, 2.05) is 24.3 Å². The SMILES string of the molecule is COc1ccc(C(=O)C2C3C(=O)N(c4ccc5c(c4)OCO5)C(=O)C3C3c4ccccc4C=NN23)cc1. The number of Topliss-reactive ketones (excluding diaryl/α,β-unsaturated/α-hetero) is 1. The second kappa shape index (κ2) is 7.92. The lowest BCUT2D eigenvalue weighted by Crippen LogP contribution is -2.44. The zero-order chi connectivity index (χ0) is 25.3.